The van der Waals surface area contributed by atoms with Gasteiger partial charge in [-0.25, -0.2) is 4.79 Å². The second-order valence-corrected chi connectivity index (χ2v) is 4.88. The lowest BCUT2D eigenvalue weighted by atomic mass is 10.0. The van der Waals surface area contributed by atoms with Crippen LogP contribution in [0.25, 0.3) is 16.3 Å². The van der Waals surface area contributed by atoms with Crippen molar-refractivity contribution >= 4 is 44.9 Å². The molecular weight excluding hydrogens is 343 g/mol. The van der Waals surface area contributed by atoms with Crippen molar-refractivity contribution in [2.45, 2.75) is 0 Å². The van der Waals surface area contributed by atoms with E-state index in [0.717, 1.165) is 20.1 Å². The van der Waals surface area contributed by atoms with Gasteiger partial charge in [0.2, 0.25) is 0 Å². The lowest BCUT2D eigenvalue weighted by Crippen LogP contribution is -1.98. The number of ether oxygens (including phenoxy) is 1. The SMILES string of the molecule is C=C(C(=O)O)c1ccc2c(I)c(OC)ccc2c1. The average Bonchev–Trinajstić information content (AvgIpc) is 2.37. The summed E-state index contributed by atoms with van der Waals surface area (Å²) in [6.07, 6.45) is 0. The van der Waals surface area contributed by atoms with Gasteiger partial charge in [0.25, 0.3) is 0 Å². The number of carbonyl (C=O) groups is 1. The molecule has 18 heavy (non-hydrogen) atoms. The lowest BCUT2D eigenvalue weighted by molar-refractivity contribution is -0.130. The summed E-state index contributed by atoms with van der Waals surface area (Å²) in [7, 11) is 1.63. The minimum absolute atomic E-state index is 0.0997. The molecule has 0 fully saturated rings. The molecule has 0 aromatic heterocycles. The normalized spacial score (nSPS) is 10.3. The number of methoxy groups -OCH3 is 1. The van der Waals surface area contributed by atoms with Gasteiger partial charge in [-0.15, -0.1) is 0 Å². The Hall–Kier alpha value is -1.56. The van der Waals surface area contributed by atoms with Crippen molar-refractivity contribution in [3.63, 3.8) is 0 Å². The van der Waals surface area contributed by atoms with E-state index in [1.165, 1.54) is 0 Å². The zero-order valence-corrected chi connectivity index (χ0v) is 11.9. The van der Waals surface area contributed by atoms with Gasteiger partial charge in [0.1, 0.15) is 5.75 Å². The molecule has 0 atom stereocenters. The molecule has 3 nitrogen and oxygen atoms in total. The number of halogens is 1. The van der Waals surface area contributed by atoms with Crippen LogP contribution in [0, 0.1) is 3.57 Å². The number of carboxylic acid groups (broad SMARTS) is 1. The van der Waals surface area contributed by atoms with E-state index < -0.39 is 5.97 Å². The van der Waals surface area contributed by atoms with Gasteiger partial charge in [-0.1, -0.05) is 24.8 Å². The van der Waals surface area contributed by atoms with Crippen molar-refractivity contribution in [1.82, 2.24) is 0 Å². The van der Waals surface area contributed by atoms with Crippen LogP contribution in [0.5, 0.6) is 5.75 Å². The molecule has 1 N–H and O–H groups in total. The standard InChI is InChI=1S/C14H11IO3/c1-8(14(16)17)9-3-5-11-10(7-9)4-6-12(18-2)13(11)15/h3-7H,1H2,2H3,(H,16,17). The summed E-state index contributed by atoms with van der Waals surface area (Å²) in [5.41, 5.74) is 0.721. The van der Waals surface area contributed by atoms with Crippen LogP contribution in [0.2, 0.25) is 0 Å². The summed E-state index contributed by atoms with van der Waals surface area (Å²) < 4.78 is 6.26. The van der Waals surface area contributed by atoms with Gasteiger partial charge in [-0.3, -0.25) is 0 Å². The molecule has 2 aromatic carbocycles. The Kier molecular flexibility index (Phi) is 3.56. The molecule has 0 saturated heterocycles. The molecule has 0 aliphatic heterocycles. The number of hydrogen-bond acceptors (Lipinski definition) is 2. The van der Waals surface area contributed by atoms with Crippen LogP contribution in [-0.4, -0.2) is 18.2 Å². The molecule has 4 heteroatoms. The first-order valence-corrected chi connectivity index (χ1v) is 6.31. The molecule has 2 aromatic rings. The summed E-state index contributed by atoms with van der Waals surface area (Å²) in [6, 6.07) is 9.27. The van der Waals surface area contributed by atoms with Crippen molar-refractivity contribution < 1.29 is 14.6 Å². The molecule has 0 heterocycles. The summed E-state index contributed by atoms with van der Waals surface area (Å²) in [4.78, 5) is 10.9. The Labute approximate surface area is 118 Å². The lowest BCUT2D eigenvalue weighted by Gasteiger charge is -2.08. The Morgan fingerprint density at radius 1 is 1.33 bits per heavy atom. The zero-order chi connectivity index (χ0) is 13.3. The van der Waals surface area contributed by atoms with Crippen molar-refractivity contribution in [2.24, 2.45) is 0 Å². The predicted octanol–water partition coefficient (Wildman–Crippen LogP) is 3.55. The Bertz CT molecular complexity index is 647. The fourth-order valence-corrected chi connectivity index (χ4v) is 2.63. The topological polar surface area (TPSA) is 46.5 Å². The molecule has 0 unspecified atom stereocenters. The van der Waals surface area contributed by atoms with E-state index in [9.17, 15) is 4.79 Å². The molecular formula is C14H11IO3. The highest BCUT2D eigenvalue weighted by molar-refractivity contribution is 14.1. The summed E-state index contributed by atoms with van der Waals surface area (Å²) >= 11 is 2.22. The third-order valence-corrected chi connectivity index (χ3v) is 3.86. The van der Waals surface area contributed by atoms with Crippen LogP contribution in [0.4, 0.5) is 0 Å². The van der Waals surface area contributed by atoms with Crippen LogP contribution in [-0.2, 0) is 4.79 Å². The first-order chi connectivity index (χ1) is 8.54. The molecule has 2 rings (SSSR count). The first-order valence-electron chi connectivity index (χ1n) is 5.23. The predicted molar refractivity (Wildman–Crippen MR) is 79.9 cm³/mol. The summed E-state index contributed by atoms with van der Waals surface area (Å²) in [6.45, 7) is 3.56. The number of benzene rings is 2. The van der Waals surface area contributed by atoms with Gasteiger partial charge >= 0.3 is 5.97 Å². The molecule has 0 aliphatic carbocycles. The third-order valence-electron chi connectivity index (χ3n) is 2.75. The van der Waals surface area contributed by atoms with Gasteiger partial charge in [-0.2, -0.15) is 0 Å². The summed E-state index contributed by atoms with van der Waals surface area (Å²) in [5.74, 6) is -0.189. The van der Waals surface area contributed by atoms with Crippen LogP contribution < -0.4 is 4.74 Å². The monoisotopic (exact) mass is 354 g/mol. The van der Waals surface area contributed by atoms with E-state index in [2.05, 4.69) is 29.2 Å². The maximum Gasteiger partial charge on any atom is 0.335 e. The van der Waals surface area contributed by atoms with Crippen LogP contribution >= 0.6 is 22.6 Å². The van der Waals surface area contributed by atoms with E-state index in [1.807, 2.05) is 24.3 Å². The number of rotatable bonds is 3. The van der Waals surface area contributed by atoms with E-state index in [1.54, 1.807) is 13.2 Å². The molecule has 0 radical (unpaired) electrons. The molecule has 0 amide bonds. The number of carboxylic acids is 1. The number of hydrogen-bond donors (Lipinski definition) is 1. The molecule has 0 bridgehead atoms. The highest BCUT2D eigenvalue weighted by Gasteiger charge is 2.10. The van der Waals surface area contributed by atoms with Crippen molar-refractivity contribution in [3.05, 3.63) is 46.0 Å². The number of aliphatic carboxylic acids is 1. The van der Waals surface area contributed by atoms with Crippen molar-refractivity contribution in [3.8, 4) is 5.75 Å². The van der Waals surface area contributed by atoms with Crippen LogP contribution in [0.1, 0.15) is 5.56 Å². The Balaban J connectivity index is 2.61. The van der Waals surface area contributed by atoms with Gasteiger partial charge in [0, 0.05) is 0 Å². The highest BCUT2D eigenvalue weighted by atomic mass is 127. The number of fused-ring (bicyclic) bond motifs is 1. The van der Waals surface area contributed by atoms with Crippen LogP contribution in [0.3, 0.4) is 0 Å². The van der Waals surface area contributed by atoms with E-state index >= 15 is 0 Å². The quantitative estimate of drug-likeness (QED) is 0.677. The van der Waals surface area contributed by atoms with Crippen molar-refractivity contribution in [2.75, 3.05) is 7.11 Å². The molecule has 0 saturated carbocycles. The second-order valence-electron chi connectivity index (χ2n) is 3.80. The van der Waals surface area contributed by atoms with Gasteiger partial charge in [0.15, 0.2) is 0 Å². The fraction of sp³-hybridized carbons (Fsp3) is 0.0714. The summed E-state index contributed by atoms with van der Waals surface area (Å²) in [5, 5.41) is 10.9. The van der Waals surface area contributed by atoms with Gasteiger partial charge in [0.05, 0.1) is 16.3 Å². The maximum atomic E-state index is 10.9. The minimum atomic E-state index is -1.00. The van der Waals surface area contributed by atoms with Crippen LogP contribution in [0.15, 0.2) is 36.9 Å². The van der Waals surface area contributed by atoms with E-state index in [4.69, 9.17) is 9.84 Å². The van der Waals surface area contributed by atoms with E-state index in [-0.39, 0.29) is 5.57 Å². The maximum absolute atomic E-state index is 10.9. The van der Waals surface area contributed by atoms with E-state index in [0.29, 0.717) is 5.56 Å². The smallest absolute Gasteiger partial charge is 0.335 e. The largest absolute Gasteiger partial charge is 0.496 e. The highest BCUT2D eigenvalue weighted by Crippen LogP contribution is 2.30. The third kappa shape index (κ3) is 2.20. The average molecular weight is 354 g/mol. The molecule has 92 valence electrons. The second kappa shape index (κ2) is 4.97. The molecule has 0 spiro atoms. The Morgan fingerprint density at radius 3 is 2.67 bits per heavy atom. The van der Waals surface area contributed by atoms with Crippen molar-refractivity contribution in [1.29, 1.82) is 0 Å². The Morgan fingerprint density at radius 2 is 2.06 bits per heavy atom. The minimum Gasteiger partial charge on any atom is -0.496 e. The first kappa shape index (κ1) is 12.9. The van der Waals surface area contributed by atoms with Gasteiger partial charge < -0.3 is 9.84 Å². The van der Waals surface area contributed by atoms with Gasteiger partial charge in [-0.05, 0) is 51.1 Å². The zero-order valence-electron chi connectivity index (χ0n) is 9.74. The molecule has 0 aliphatic rings. The fourth-order valence-electron chi connectivity index (χ4n) is 1.74.